The normalized spacial score (nSPS) is 27.1. The van der Waals surface area contributed by atoms with Gasteiger partial charge in [0.05, 0.1) is 29.0 Å². The molecule has 1 saturated carbocycles. The van der Waals surface area contributed by atoms with Crippen LogP contribution in [0.15, 0.2) is 35.4 Å². The first-order valence-corrected chi connectivity index (χ1v) is 11.2. The largest absolute Gasteiger partial charge is 0.507 e. The van der Waals surface area contributed by atoms with E-state index in [0.717, 1.165) is 32.1 Å². The van der Waals surface area contributed by atoms with E-state index in [-0.39, 0.29) is 23.4 Å². The molecule has 2 saturated heterocycles. The molecular weight excluding hydrogens is 411 g/mol. The van der Waals surface area contributed by atoms with Crippen molar-refractivity contribution >= 4 is 16.7 Å². The zero-order chi connectivity index (χ0) is 22.0. The Bertz CT molecular complexity index is 1240. The maximum atomic E-state index is 15.3. The van der Waals surface area contributed by atoms with Gasteiger partial charge in [-0.05, 0) is 56.4 Å². The van der Waals surface area contributed by atoms with Crippen molar-refractivity contribution in [2.75, 3.05) is 4.90 Å². The Labute approximate surface area is 184 Å². The first-order chi connectivity index (χ1) is 15.5. The molecule has 2 N–H and O–H groups in total. The van der Waals surface area contributed by atoms with Gasteiger partial charge in [0.1, 0.15) is 11.9 Å². The molecule has 0 amide bonds. The van der Waals surface area contributed by atoms with Crippen molar-refractivity contribution in [2.24, 2.45) is 7.05 Å². The Hall–Kier alpha value is -3.07. The van der Waals surface area contributed by atoms with Gasteiger partial charge in [0.2, 0.25) is 0 Å². The minimum Gasteiger partial charge on any atom is -0.507 e. The molecule has 4 unspecified atom stereocenters. The van der Waals surface area contributed by atoms with E-state index in [1.165, 1.54) is 17.0 Å². The third-order valence-electron chi connectivity index (χ3n) is 7.08. The van der Waals surface area contributed by atoms with Crippen molar-refractivity contribution < 1.29 is 9.50 Å². The Morgan fingerprint density at radius 2 is 2.03 bits per heavy atom. The minimum absolute atomic E-state index is 0.0533. The number of hydrogen-bond acceptors (Lipinski definition) is 7. The fraction of sp³-hybridized carbons (Fsp3) is 0.478. The number of rotatable bonds is 4. The smallest absolute Gasteiger partial charge is 0.261 e. The molecule has 3 aliphatic rings. The maximum Gasteiger partial charge on any atom is 0.261 e. The molecule has 32 heavy (non-hydrogen) atoms. The predicted molar refractivity (Wildman–Crippen MR) is 118 cm³/mol. The Morgan fingerprint density at radius 3 is 2.78 bits per heavy atom. The van der Waals surface area contributed by atoms with Crippen LogP contribution in [0.25, 0.3) is 22.2 Å². The van der Waals surface area contributed by atoms with Crippen molar-refractivity contribution in [3.8, 4) is 17.0 Å². The van der Waals surface area contributed by atoms with Crippen LogP contribution in [0.4, 0.5) is 10.2 Å². The Kier molecular flexibility index (Phi) is 4.43. The van der Waals surface area contributed by atoms with Crippen LogP contribution in [-0.2, 0) is 7.05 Å². The van der Waals surface area contributed by atoms with Gasteiger partial charge < -0.3 is 19.9 Å². The summed E-state index contributed by atoms with van der Waals surface area (Å²) in [6.45, 7) is 0. The van der Waals surface area contributed by atoms with Crippen molar-refractivity contribution in [1.82, 2.24) is 25.1 Å². The van der Waals surface area contributed by atoms with Gasteiger partial charge in [0, 0.05) is 30.7 Å². The third kappa shape index (κ3) is 3.14. The molecule has 3 fully saturated rings. The highest BCUT2D eigenvalue weighted by Gasteiger charge is 2.48. The molecule has 2 bridgehead atoms. The van der Waals surface area contributed by atoms with Gasteiger partial charge in [-0.3, -0.25) is 4.79 Å². The summed E-state index contributed by atoms with van der Waals surface area (Å²) in [5, 5.41) is 23.1. The van der Waals surface area contributed by atoms with Crippen molar-refractivity contribution in [1.29, 1.82) is 0 Å². The van der Waals surface area contributed by atoms with Crippen molar-refractivity contribution in [2.45, 2.75) is 62.4 Å². The molecule has 4 atom stereocenters. The van der Waals surface area contributed by atoms with Crippen molar-refractivity contribution in [3.05, 3.63) is 40.9 Å². The van der Waals surface area contributed by atoms with E-state index < -0.39 is 6.17 Å². The summed E-state index contributed by atoms with van der Waals surface area (Å²) in [6, 6.07) is 7.16. The maximum absolute atomic E-state index is 15.3. The number of nitrogens with one attached hydrogen (secondary N) is 1. The van der Waals surface area contributed by atoms with Crippen LogP contribution in [0, 0.1) is 0 Å². The number of fused-ring (bicyclic) bond motifs is 3. The fourth-order valence-corrected chi connectivity index (χ4v) is 5.28. The lowest BCUT2D eigenvalue weighted by atomic mass is 9.95. The molecule has 0 spiro atoms. The van der Waals surface area contributed by atoms with Crippen LogP contribution < -0.4 is 15.8 Å². The number of phenolic OH excluding ortho intramolecular Hbond substituents is 1. The second-order valence-electron chi connectivity index (χ2n) is 9.26. The highest BCUT2D eigenvalue weighted by molar-refractivity contribution is 5.86. The first-order valence-electron chi connectivity index (χ1n) is 11.2. The van der Waals surface area contributed by atoms with E-state index in [4.69, 9.17) is 0 Å². The molecule has 9 heteroatoms. The van der Waals surface area contributed by atoms with Crippen LogP contribution in [0.1, 0.15) is 32.1 Å². The number of benzene rings is 1. The first kappa shape index (κ1) is 19.6. The number of hydrogen-bond donors (Lipinski definition) is 2. The number of aromatic nitrogens is 4. The molecule has 1 aliphatic carbocycles. The van der Waals surface area contributed by atoms with Crippen LogP contribution in [0.5, 0.6) is 5.75 Å². The number of anilines is 1. The van der Waals surface area contributed by atoms with Gasteiger partial charge in [-0.15, -0.1) is 10.2 Å². The van der Waals surface area contributed by atoms with Gasteiger partial charge in [-0.2, -0.15) is 0 Å². The number of piperidine rings is 1. The van der Waals surface area contributed by atoms with E-state index >= 15 is 4.39 Å². The van der Waals surface area contributed by atoms with E-state index in [1.807, 2.05) is 6.07 Å². The summed E-state index contributed by atoms with van der Waals surface area (Å²) in [6.07, 6.45) is 5.32. The molecule has 166 valence electrons. The van der Waals surface area contributed by atoms with Crippen LogP contribution in [0.3, 0.4) is 0 Å². The van der Waals surface area contributed by atoms with Crippen LogP contribution in [-0.4, -0.2) is 55.2 Å². The second-order valence-corrected chi connectivity index (χ2v) is 9.26. The number of nitrogens with zero attached hydrogens (tertiary/aromatic N) is 5. The summed E-state index contributed by atoms with van der Waals surface area (Å²) < 4.78 is 16.6. The Balaban J connectivity index is 1.34. The predicted octanol–water partition coefficient (Wildman–Crippen LogP) is 2.30. The summed E-state index contributed by atoms with van der Waals surface area (Å²) in [5.74, 6) is 0.625. The number of phenols is 1. The lowest BCUT2D eigenvalue weighted by Crippen LogP contribution is -2.57. The molecule has 1 aromatic carbocycles. The lowest BCUT2D eigenvalue weighted by molar-refractivity contribution is 0.171. The summed E-state index contributed by atoms with van der Waals surface area (Å²) >= 11 is 0. The van der Waals surface area contributed by atoms with Gasteiger partial charge >= 0.3 is 0 Å². The lowest BCUT2D eigenvalue weighted by Gasteiger charge is -2.41. The van der Waals surface area contributed by atoms with Gasteiger partial charge in [-0.25, -0.2) is 9.37 Å². The summed E-state index contributed by atoms with van der Waals surface area (Å²) in [5.41, 5.74) is 1.19. The average molecular weight is 436 g/mol. The van der Waals surface area contributed by atoms with E-state index in [0.29, 0.717) is 40.1 Å². The van der Waals surface area contributed by atoms with E-state index in [2.05, 4.69) is 25.4 Å². The Morgan fingerprint density at radius 1 is 1.19 bits per heavy atom. The number of halogens is 1. The monoisotopic (exact) mass is 436 g/mol. The molecule has 8 nitrogen and oxygen atoms in total. The standard InChI is InChI=1S/C23H25FN6O2/c1-29-11-25-18-9-14(20(31)10-15(18)23(29)32)16-6-7-21(28-27-16)30(13-3-4-13)19-8-12-2-5-17(26-12)22(19)24/h6-7,9-13,17,19,22,26,31H,2-5,8H2,1H3. The molecule has 2 aromatic heterocycles. The molecule has 0 radical (unpaired) electrons. The van der Waals surface area contributed by atoms with Gasteiger partial charge in [0.15, 0.2) is 5.82 Å². The highest BCUT2D eigenvalue weighted by Crippen LogP contribution is 2.40. The average Bonchev–Trinajstić information content (AvgIpc) is 3.55. The zero-order valence-corrected chi connectivity index (χ0v) is 17.8. The highest BCUT2D eigenvalue weighted by atomic mass is 19.1. The second kappa shape index (κ2) is 7.23. The van der Waals surface area contributed by atoms with E-state index in [9.17, 15) is 9.90 Å². The SMILES string of the molecule is Cn1cnc2cc(-c3ccc(N(C4CC4)C4CC5CCC(N5)C4F)nn3)c(O)cc2c1=O. The van der Waals surface area contributed by atoms with Gasteiger partial charge in [-0.1, -0.05) is 0 Å². The van der Waals surface area contributed by atoms with Crippen molar-refractivity contribution in [3.63, 3.8) is 0 Å². The number of aromatic hydroxyl groups is 1. The fourth-order valence-electron chi connectivity index (χ4n) is 5.28. The number of aryl methyl sites for hydroxylation is 1. The van der Waals surface area contributed by atoms with Gasteiger partial charge in [0.25, 0.3) is 5.56 Å². The topological polar surface area (TPSA) is 96.2 Å². The van der Waals surface area contributed by atoms with Crippen LogP contribution >= 0.6 is 0 Å². The molecule has 4 heterocycles. The summed E-state index contributed by atoms with van der Waals surface area (Å²) in [4.78, 5) is 18.7. The molecular formula is C23H25FN6O2. The van der Waals surface area contributed by atoms with E-state index in [1.54, 1.807) is 19.2 Å². The quantitative estimate of drug-likeness (QED) is 0.648. The molecule has 6 rings (SSSR count). The minimum atomic E-state index is -0.922. The molecule has 2 aliphatic heterocycles. The zero-order valence-electron chi connectivity index (χ0n) is 17.8. The van der Waals surface area contributed by atoms with Crippen LogP contribution in [0.2, 0.25) is 0 Å². The third-order valence-corrected chi connectivity index (χ3v) is 7.08. The number of alkyl halides is 1. The molecule has 3 aromatic rings. The summed E-state index contributed by atoms with van der Waals surface area (Å²) in [7, 11) is 1.62.